The molecule has 0 N–H and O–H groups in total. The minimum absolute atomic E-state index is 0.0729. The first-order chi connectivity index (χ1) is 71.4. The monoisotopic (exact) mass is 1850 g/mol. The molecule has 0 fully saturated rings. The van der Waals surface area contributed by atoms with Gasteiger partial charge in [0.05, 0.1) is 177 Å². The minimum atomic E-state index is -0.0729. The lowest BCUT2D eigenvalue weighted by Crippen LogP contribution is -2.10. The Morgan fingerprint density at radius 3 is 0.834 bits per heavy atom. The molecule has 29 rings (SSSR count). The van der Waals surface area contributed by atoms with E-state index in [1.54, 1.807) is 0 Å². The molecule has 0 unspecified atom stereocenters. The van der Waals surface area contributed by atoms with E-state index in [0.29, 0.717) is 67.9 Å². The van der Waals surface area contributed by atoms with Crippen LogP contribution in [0.1, 0.15) is 43.0 Å². The van der Waals surface area contributed by atoms with Crippen LogP contribution in [0.3, 0.4) is 0 Å². The van der Waals surface area contributed by atoms with Crippen molar-refractivity contribution in [1.82, 2.24) is 32.0 Å². The highest BCUT2D eigenvalue weighted by Gasteiger charge is 2.32. The first-order valence-corrected chi connectivity index (χ1v) is 48.0. The number of hydrogen-bond donors (Lipinski definition) is 0. The molecule has 674 valence electrons. The smallest absolute Gasteiger partial charge is 0.234 e. The van der Waals surface area contributed by atoms with Gasteiger partial charge in [-0.3, -0.25) is 0 Å². The van der Waals surface area contributed by atoms with Crippen molar-refractivity contribution in [3.63, 3.8) is 0 Å². The van der Waals surface area contributed by atoms with Crippen LogP contribution >= 0.6 is 0 Å². The lowest BCUT2D eigenvalue weighted by molar-refractivity contribution is 0.591. The Labute approximate surface area is 828 Å². The van der Waals surface area contributed by atoms with Crippen LogP contribution in [-0.2, 0) is 5.41 Å². The summed E-state index contributed by atoms with van der Waals surface area (Å²) in [6, 6.07) is 148. The number of nitriles is 3. The Hall–Kier alpha value is -20.5. The highest BCUT2D eigenvalue weighted by molar-refractivity contribution is 6.31. The quantitative estimate of drug-likeness (QED) is 0.139. The summed E-state index contributed by atoms with van der Waals surface area (Å²) in [5.41, 5.74) is 28.5. The molecule has 0 spiro atoms. The van der Waals surface area contributed by atoms with Crippen LogP contribution in [0.4, 0.5) is 17.1 Å². The maximum absolute atomic E-state index is 10.4. The molecule has 15 nitrogen and oxygen atoms in total. The molecule has 0 bridgehead atoms. The van der Waals surface area contributed by atoms with Crippen LogP contribution in [0.5, 0.6) is 0 Å². The summed E-state index contributed by atoms with van der Waals surface area (Å²) in [6.45, 7) is 32.5. The van der Waals surface area contributed by atoms with Gasteiger partial charge in [0.1, 0.15) is 22.3 Å². The Morgan fingerprint density at radius 1 is 0.221 bits per heavy atom. The van der Waals surface area contributed by atoms with E-state index in [1.807, 2.05) is 176 Å². The van der Waals surface area contributed by atoms with Crippen molar-refractivity contribution in [2.75, 3.05) is 0 Å². The predicted octanol–water partition coefficient (Wildman–Crippen LogP) is 34.8. The van der Waals surface area contributed by atoms with E-state index in [1.165, 1.54) is 5.56 Å². The van der Waals surface area contributed by atoms with Gasteiger partial charge in [0, 0.05) is 91.9 Å². The minimum Gasteiger partial charge on any atom is -0.455 e. The van der Waals surface area contributed by atoms with Crippen LogP contribution in [0.15, 0.2) is 421 Å². The third-order valence-corrected chi connectivity index (χ3v) is 29.1. The molecule has 9 aromatic heterocycles. The van der Waals surface area contributed by atoms with Gasteiger partial charge in [-0.1, -0.05) is 263 Å². The highest BCUT2D eigenvalue weighted by atomic mass is 16.3. The van der Waals surface area contributed by atoms with E-state index in [-0.39, 0.29) is 5.41 Å². The van der Waals surface area contributed by atoms with Gasteiger partial charge in [-0.2, -0.15) is 15.8 Å². The summed E-state index contributed by atoms with van der Waals surface area (Å²) in [6.07, 6.45) is 0. The maximum atomic E-state index is 10.4. The van der Waals surface area contributed by atoms with Crippen molar-refractivity contribution in [2.45, 2.75) is 26.2 Å². The number of rotatable bonds is 8. The third kappa shape index (κ3) is 12.6. The topological polar surface area (TPSA) is 145 Å². The molecule has 9 heterocycles. The number of hydrogen-bond acceptors (Lipinski definition) is 5. The summed E-state index contributed by atoms with van der Waals surface area (Å²) < 4.78 is 28.4. The average molecular weight is 1850 g/mol. The average Bonchev–Trinajstić information content (AvgIpc) is 1.67. The van der Waals surface area contributed by atoms with E-state index < -0.39 is 0 Å². The summed E-state index contributed by atoms with van der Waals surface area (Å²) in [4.78, 5) is 12.7. The standard InChI is InChI=1S/C44H25N5.C44H24N4O.C42H28N4O/c1-46-44-40(48-34-19-9-5-15-30(34)31-16-6-10-20-35(31)48)25-28(27-45)26-41(44)49-37-22-12-8-18-33(37)43-39(49)24-23-38-42(43)32-17-7-11-21-36(32)47(38)29-13-3-2-4-14-29;1-46-43-39(47-35-16-8-5-13-30(35)31-14-6-9-17-36(31)47)23-27(26-45)24-40(43)48-37-21-19-29(28-11-3-2-4-12-28)25-34(37)42-38(48)22-20-33-32-15-7-10-18-41(32)49-44(33)42;1-42(2,3)26-17-19-34-31(23-26)39-35(20-18-30-29-13-7-10-16-38(29)47-41(30)39)46(34)37-22-25(24-43)21-36(40(37)44-4)45-32-14-8-5-11-27(32)28-12-6-9-15-33(28)45/h2-26H;2-25H;5-23H,1-3H3. The Bertz CT molecular complexity index is 10800. The van der Waals surface area contributed by atoms with Crippen LogP contribution in [0.2, 0.25) is 0 Å². The van der Waals surface area contributed by atoms with Crippen LogP contribution in [0.25, 0.3) is 262 Å². The Balaban J connectivity index is 0.000000108. The van der Waals surface area contributed by atoms with Gasteiger partial charge in [-0.25, -0.2) is 14.5 Å². The molecule has 0 saturated heterocycles. The molecule has 0 aliphatic carbocycles. The summed E-state index contributed by atoms with van der Waals surface area (Å²) in [7, 11) is 0. The third-order valence-electron chi connectivity index (χ3n) is 29.1. The van der Waals surface area contributed by atoms with Gasteiger partial charge in [-0.15, -0.1) is 0 Å². The zero-order chi connectivity index (χ0) is 97.3. The van der Waals surface area contributed by atoms with Gasteiger partial charge < -0.3 is 40.8 Å². The number of para-hydroxylation sites is 11. The van der Waals surface area contributed by atoms with Crippen LogP contribution in [-0.4, -0.2) is 32.0 Å². The summed E-state index contributed by atoms with van der Waals surface area (Å²) >= 11 is 0. The molecule has 0 atom stereocenters. The van der Waals surface area contributed by atoms with E-state index in [2.05, 4.69) is 322 Å². The van der Waals surface area contributed by atoms with Gasteiger partial charge in [0.2, 0.25) is 17.1 Å². The van der Waals surface area contributed by atoms with E-state index >= 15 is 0 Å². The zero-order valence-electron chi connectivity index (χ0n) is 78.4. The van der Waals surface area contributed by atoms with Crippen molar-refractivity contribution >= 4 is 214 Å². The Kier molecular flexibility index (Phi) is 18.9. The van der Waals surface area contributed by atoms with Gasteiger partial charge in [0.25, 0.3) is 0 Å². The SMILES string of the molecule is [C-]#[N+]c1c(-n2c3ccccc3c3ccccc32)cc(C#N)cc1-n1c2ccc(-c3ccccc3)cc2c2c3oc4ccccc4c3ccc21.[C-]#[N+]c1c(-n2c3ccccc3c3ccccc32)cc(C#N)cc1-n1c2ccc(C(C)(C)C)cc2c2c3oc4ccccc4c3ccc21.[C-]#[N+]c1c(-n2c3ccccc3c3ccccc32)cc(C#N)cc1-n1c2ccccc2c2c3c4ccccc4n(-c4ccccc4)c3ccc21. The van der Waals surface area contributed by atoms with E-state index in [4.69, 9.17) is 28.6 Å². The second-order valence-electron chi connectivity index (χ2n) is 37.9. The molecule has 0 saturated carbocycles. The van der Waals surface area contributed by atoms with Crippen molar-refractivity contribution < 1.29 is 8.83 Å². The van der Waals surface area contributed by atoms with Crippen molar-refractivity contribution in [2.24, 2.45) is 0 Å². The predicted molar refractivity (Wildman–Crippen MR) is 591 cm³/mol. The van der Waals surface area contributed by atoms with Gasteiger partial charge >= 0.3 is 0 Å². The van der Waals surface area contributed by atoms with E-state index in [9.17, 15) is 15.8 Å². The van der Waals surface area contributed by atoms with Gasteiger partial charge in [0.15, 0.2) is 0 Å². The zero-order valence-corrected chi connectivity index (χ0v) is 78.4. The first-order valence-electron chi connectivity index (χ1n) is 48.0. The Morgan fingerprint density at radius 2 is 0.483 bits per heavy atom. The summed E-state index contributed by atoms with van der Waals surface area (Å²) in [5, 5.41) is 50.6. The summed E-state index contributed by atoms with van der Waals surface area (Å²) in [5.74, 6) is 0. The molecule has 0 aliphatic rings. The lowest BCUT2D eigenvalue weighted by Gasteiger charge is -2.19. The molecule has 15 heteroatoms. The fourth-order valence-electron chi connectivity index (χ4n) is 22.9. The molecule has 145 heavy (non-hydrogen) atoms. The second-order valence-corrected chi connectivity index (χ2v) is 37.9. The second kappa shape index (κ2) is 32.6. The normalized spacial score (nSPS) is 11.8. The molecule has 0 radical (unpaired) electrons. The van der Waals surface area contributed by atoms with E-state index in [0.717, 1.165) is 213 Å². The molecular formula is C130H77N13O2. The molecule has 20 aromatic carbocycles. The van der Waals surface area contributed by atoms with Gasteiger partial charge in [-0.05, 0) is 192 Å². The number of benzene rings is 20. The molecule has 29 aromatic rings. The fraction of sp³-hybridized carbons (Fsp3) is 0.0308. The first kappa shape index (κ1) is 83.9. The highest BCUT2D eigenvalue weighted by Crippen LogP contribution is 2.52. The van der Waals surface area contributed by atoms with Crippen LogP contribution < -0.4 is 0 Å². The van der Waals surface area contributed by atoms with Crippen molar-refractivity contribution in [3.8, 4) is 69.1 Å². The lowest BCUT2D eigenvalue weighted by atomic mass is 9.86. The van der Waals surface area contributed by atoms with Crippen molar-refractivity contribution in [3.05, 3.63) is 469 Å². The maximum Gasteiger partial charge on any atom is 0.234 e. The number of fused-ring (bicyclic) bond motifs is 30. The molecule has 0 amide bonds. The number of aromatic nitrogens is 7. The largest absolute Gasteiger partial charge is 0.455 e. The van der Waals surface area contributed by atoms with Crippen molar-refractivity contribution in [1.29, 1.82) is 15.8 Å². The van der Waals surface area contributed by atoms with Crippen LogP contribution in [0, 0.1) is 53.7 Å². The fourth-order valence-corrected chi connectivity index (χ4v) is 22.9. The number of furan rings is 2. The number of nitrogens with zero attached hydrogens (tertiary/aromatic N) is 13. The molecule has 0 aliphatic heterocycles. The molecular weight excluding hydrogens is 1780 g/mol.